The summed E-state index contributed by atoms with van der Waals surface area (Å²) in [6.07, 6.45) is 0.582. The molecule has 2 aromatic rings. The normalized spacial score (nSPS) is 11.9. The molecule has 0 fully saturated rings. The number of nitrogens with one attached hydrogen (secondary N) is 1. The van der Waals surface area contributed by atoms with Crippen LogP contribution in [0.5, 0.6) is 0 Å². The van der Waals surface area contributed by atoms with Crippen molar-refractivity contribution >= 4 is 39.5 Å². The smallest absolute Gasteiger partial charge is 0.242 e. The molecule has 2 amide bonds. The van der Waals surface area contributed by atoms with Gasteiger partial charge in [-0.25, -0.2) is 0 Å². The van der Waals surface area contributed by atoms with Crippen LogP contribution in [0, 0.1) is 12.8 Å². The Morgan fingerprint density at radius 2 is 1.81 bits per heavy atom. The van der Waals surface area contributed by atoms with Crippen molar-refractivity contribution in [2.24, 2.45) is 5.92 Å². The zero-order valence-electron chi connectivity index (χ0n) is 18.9. The Balaban J connectivity index is 2.11. The number of thioether (sulfide) groups is 1. The second-order valence-corrected chi connectivity index (χ2v) is 10.1. The molecule has 2 aromatic carbocycles. The average molecular weight is 506 g/mol. The molecular weight excluding hydrogens is 472 g/mol. The van der Waals surface area contributed by atoms with Crippen molar-refractivity contribution in [3.63, 3.8) is 0 Å². The van der Waals surface area contributed by atoms with Crippen LogP contribution >= 0.6 is 27.7 Å². The molecule has 4 nitrogen and oxygen atoms in total. The molecule has 0 radical (unpaired) electrons. The number of hydrogen-bond acceptors (Lipinski definition) is 3. The van der Waals surface area contributed by atoms with E-state index in [2.05, 4.69) is 53.3 Å². The van der Waals surface area contributed by atoms with Gasteiger partial charge in [-0.2, -0.15) is 0 Å². The fourth-order valence-corrected chi connectivity index (χ4v) is 4.40. The number of rotatable bonds is 11. The van der Waals surface area contributed by atoms with Gasteiger partial charge in [-0.05, 0) is 42.5 Å². The standard InChI is InChI=1S/C25H33BrN2O2S/c1-5-23(25(30)27-14-18(2)3)28(15-21-8-6-7-19(4)13-21)24(29)17-31-16-20-9-11-22(26)12-10-20/h6-13,18,23H,5,14-17H2,1-4H3,(H,27,30). The Morgan fingerprint density at radius 3 is 2.42 bits per heavy atom. The number of benzene rings is 2. The molecule has 1 N–H and O–H groups in total. The SMILES string of the molecule is CCC(C(=O)NCC(C)C)N(Cc1cccc(C)c1)C(=O)CSCc1ccc(Br)cc1. The number of carbonyl (C=O) groups excluding carboxylic acids is 2. The van der Waals surface area contributed by atoms with Crippen LogP contribution in [0.3, 0.4) is 0 Å². The summed E-state index contributed by atoms with van der Waals surface area (Å²) < 4.78 is 1.04. The van der Waals surface area contributed by atoms with E-state index in [0.717, 1.165) is 21.4 Å². The Labute approximate surface area is 199 Å². The molecule has 1 atom stereocenters. The van der Waals surface area contributed by atoms with Crippen LogP contribution < -0.4 is 5.32 Å². The lowest BCUT2D eigenvalue weighted by atomic mass is 10.1. The van der Waals surface area contributed by atoms with Crippen LogP contribution in [0.25, 0.3) is 0 Å². The molecule has 0 aromatic heterocycles. The Kier molecular flexibility index (Phi) is 10.6. The molecule has 2 rings (SSSR count). The minimum Gasteiger partial charge on any atom is -0.354 e. The highest BCUT2D eigenvalue weighted by Crippen LogP contribution is 2.19. The number of aryl methyl sites for hydroxylation is 1. The Hall–Kier alpha value is -1.79. The largest absolute Gasteiger partial charge is 0.354 e. The summed E-state index contributed by atoms with van der Waals surface area (Å²) in [4.78, 5) is 27.9. The van der Waals surface area contributed by atoms with Gasteiger partial charge in [0, 0.05) is 23.3 Å². The predicted molar refractivity (Wildman–Crippen MR) is 134 cm³/mol. The summed E-state index contributed by atoms with van der Waals surface area (Å²) in [6, 6.07) is 15.8. The van der Waals surface area contributed by atoms with E-state index >= 15 is 0 Å². The highest BCUT2D eigenvalue weighted by Gasteiger charge is 2.28. The van der Waals surface area contributed by atoms with E-state index in [1.165, 1.54) is 5.56 Å². The van der Waals surface area contributed by atoms with E-state index in [4.69, 9.17) is 0 Å². The third kappa shape index (κ3) is 8.69. The molecule has 0 aliphatic rings. The van der Waals surface area contributed by atoms with Crippen LogP contribution in [0.15, 0.2) is 53.0 Å². The summed E-state index contributed by atoms with van der Waals surface area (Å²) in [5.74, 6) is 1.39. The van der Waals surface area contributed by atoms with E-state index < -0.39 is 6.04 Å². The molecule has 168 valence electrons. The van der Waals surface area contributed by atoms with Gasteiger partial charge in [-0.15, -0.1) is 11.8 Å². The molecule has 0 heterocycles. The first-order valence-corrected chi connectivity index (χ1v) is 12.7. The molecule has 0 aliphatic heterocycles. The molecule has 6 heteroatoms. The van der Waals surface area contributed by atoms with E-state index in [1.807, 2.05) is 44.2 Å². The van der Waals surface area contributed by atoms with Gasteiger partial charge < -0.3 is 10.2 Å². The third-order valence-electron chi connectivity index (χ3n) is 4.91. The maximum atomic E-state index is 13.2. The highest BCUT2D eigenvalue weighted by atomic mass is 79.9. The molecule has 0 saturated heterocycles. The highest BCUT2D eigenvalue weighted by molar-refractivity contribution is 9.10. The molecule has 0 spiro atoms. The third-order valence-corrected chi connectivity index (χ3v) is 6.43. The van der Waals surface area contributed by atoms with Gasteiger partial charge in [0.25, 0.3) is 0 Å². The van der Waals surface area contributed by atoms with Crippen LogP contribution in [0.4, 0.5) is 0 Å². The average Bonchev–Trinajstić information content (AvgIpc) is 2.73. The minimum absolute atomic E-state index is 0.00448. The van der Waals surface area contributed by atoms with Crippen molar-refractivity contribution in [1.82, 2.24) is 10.2 Å². The van der Waals surface area contributed by atoms with Crippen molar-refractivity contribution in [2.45, 2.75) is 52.5 Å². The van der Waals surface area contributed by atoms with Gasteiger partial charge in [-0.1, -0.05) is 78.7 Å². The van der Waals surface area contributed by atoms with Crippen molar-refractivity contribution in [3.05, 3.63) is 69.7 Å². The lowest BCUT2D eigenvalue weighted by molar-refractivity contribution is -0.139. The van der Waals surface area contributed by atoms with Gasteiger partial charge in [0.05, 0.1) is 5.75 Å². The molecule has 0 saturated carbocycles. The predicted octanol–water partition coefficient (Wildman–Crippen LogP) is 5.57. The van der Waals surface area contributed by atoms with Crippen molar-refractivity contribution in [1.29, 1.82) is 0 Å². The number of nitrogens with zero attached hydrogens (tertiary/aromatic N) is 1. The topological polar surface area (TPSA) is 49.4 Å². The van der Waals surface area contributed by atoms with Gasteiger partial charge in [0.2, 0.25) is 11.8 Å². The fraction of sp³-hybridized carbons (Fsp3) is 0.440. The lowest BCUT2D eigenvalue weighted by Gasteiger charge is -2.31. The number of halogens is 1. The molecule has 0 aliphatic carbocycles. The monoisotopic (exact) mass is 504 g/mol. The fourth-order valence-electron chi connectivity index (χ4n) is 3.27. The van der Waals surface area contributed by atoms with E-state index in [9.17, 15) is 9.59 Å². The van der Waals surface area contributed by atoms with Crippen LogP contribution in [0.2, 0.25) is 0 Å². The zero-order valence-corrected chi connectivity index (χ0v) is 21.3. The van der Waals surface area contributed by atoms with Gasteiger partial charge in [0.1, 0.15) is 6.04 Å². The van der Waals surface area contributed by atoms with Crippen LogP contribution in [-0.2, 0) is 21.9 Å². The second kappa shape index (κ2) is 12.9. The van der Waals surface area contributed by atoms with Crippen molar-refractivity contribution in [3.8, 4) is 0 Å². The van der Waals surface area contributed by atoms with Gasteiger partial charge in [0.15, 0.2) is 0 Å². The van der Waals surface area contributed by atoms with Gasteiger partial charge >= 0.3 is 0 Å². The van der Waals surface area contributed by atoms with E-state index in [-0.39, 0.29) is 11.8 Å². The maximum absolute atomic E-state index is 13.2. The molecule has 0 bridgehead atoms. The molecule has 31 heavy (non-hydrogen) atoms. The zero-order chi connectivity index (χ0) is 22.8. The lowest BCUT2D eigenvalue weighted by Crippen LogP contribution is -2.50. The summed E-state index contributed by atoms with van der Waals surface area (Å²) >= 11 is 5.03. The number of carbonyl (C=O) groups is 2. The van der Waals surface area contributed by atoms with Crippen molar-refractivity contribution < 1.29 is 9.59 Å². The first-order chi connectivity index (χ1) is 14.8. The molecular formula is C25H33BrN2O2S. The summed E-state index contributed by atoms with van der Waals surface area (Å²) in [7, 11) is 0. The Morgan fingerprint density at radius 1 is 1.10 bits per heavy atom. The number of amides is 2. The van der Waals surface area contributed by atoms with Gasteiger partial charge in [-0.3, -0.25) is 9.59 Å². The minimum atomic E-state index is -0.472. The Bertz CT molecular complexity index is 855. The summed E-state index contributed by atoms with van der Waals surface area (Å²) in [5.41, 5.74) is 3.36. The first kappa shape index (κ1) is 25.5. The van der Waals surface area contributed by atoms with Crippen LogP contribution in [-0.4, -0.2) is 35.1 Å². The van der Waals surface area contributed by atoms with E-state index in [0.29, 0.717) is 31.2 Å². The number of hydrogen-bond donors (Lipinski definition) is 1. The van der Waals surface area contributed by atoms with E-state index in [1.54, 1.807) is 16.7 Å². The van der Waals surface area contributed by atoms with Crippen LogP contribution in [0.1, 0.15) is 43.9 Å². The summed E-state index contributed by atoms with van der Waals surface area (Å²) in [5, 5.41) is 3.01. The maximum Gasteiger partial charge on any atom is 0.242 e. The summed E-state index contributed by atoms with van der Waals surface area (Å²) in [6.45, 7) is 9.18. The second-order valence-electron chi connectivity index (χ2n) is 8.19. The quantitative estimate of drug-likeness (QED) is 0.435. The first-order valence-electron chi connectivity index (χ1n) is 10.7. The van der Waals surface area contributed by atoms with Crippen molar-refractivity contribution in [2.75, 3.05) is 12.3 Å². The molecule has 1 unspecified atom stereocenters.